The molecule has 0 aliphatic rings. The van der Waals surface area contributed by atoms with Crippen LogP contribution >= 0.6 is 22.9 Å². The molecule has 0 aliphatic heterocycles. The summed E-state index contributed by atoms with van der Waals surface area (Å²) in [6.07, 6.45) is 0. The summed E-state index contributed by atoms with van der Waals surface area (Å²) in [5.74, 6) is -1.36. The zero-order valence-electron chi connectivity index (χ0n) is 17.8. The van der Waals surface area contributed by atoms with Crippen LogP contribution in [0.3, 0.4) is 0 Å². The third-order valence-electron chi connectivity index (χ3n) is 4.91. The predicted molar refractivity (Wildman–Crippen MR) is 122 cm³/mol. The van der Waals surface area contributed by atoms with Crippen LogP contribution in [0.25, 0.3) is 21.6 Å². The molecular formula is C24H14ClFNNaO5S. The van der Waals surface area contributed by atoms with Crippen molar-refractivity contribution in [1.82, 2.24) is 0 Å². The summed E-state index contributed by atoms with van der Waals surface area (Å²) in [5.41, 5.74) is 2.41. The smallest absolute Gasteiger partial charge is 0.545 e. The fourth-order valence-electron chi connectivity index (χ4n) is 3.26. The molecule has 0 saturated heterocycles. The number of carbonyl (C=O) groups is 1. The maximum Gasteiger partial charge on any atom is 1.00 e. The van der Waals surface area contributed by atoms with Crippen LogP contribution in [0.15, 0.2) is 72.1 Å². The van der Waals surface area contributed by atoms with E-state index in [-0.39, 0.29) is 52.4 Å². The van der Waals surface area contributed by atoms with Crippen molar-refractivity contribution >= 4 is 34.6 Å². The van der Waals surface area contributed by atoms with Crippen LogP contribution < -0.4 is 39.4 Å². The average Bonchev–Trinajstić information content (AvgIpc) is 3.28. The van der Waals surface area contributed by atoms with Gasteiger partial charge in [0.2, 0.25) is 0 Å². The van der Waals surface area contributed by atoms with Crippen molar-refractivity contribution in [3.8, 4) is 27.3 Å². The second-order valence-electron chi connectivity index (χ2n) is 6.99. The number of aromatic carboxylic acids is 1. The van der Waals surface area contributed by atoms with E-state index in [4.69, 9.17) is 16.3 Å². The average molecular weight is 506 g/mol. The summed E-state index contributed by atoms with van der Waals surface area (Å²) < 4.78 is 19.3. The van der Waals surface area contributed by atoms with Crippen molar-refractivity contribution in [2.45, 2.75) is 6.61 Å². The van der Waals surface area contributed by atoms with Gasteiger partial charge in [0.1, 0.15) is 18.2 Å². The number of benzene rings is 3. The fourth-order valence-corrected chi connectivity index (χ4v) is 4.40. The number of halogens is 2. The molecule has 1 heterocycles. The summed E-state index contributed by atoms with van der Waals surface area (Å²) in [4.78, 5) is 22.7. The van der Waals surface area contributed by atoms with Crippen LogP contribution in [0.1, 0.15) is 15.9 Å². The van der Waals surface area contributed by atoms with E-state index < -0.39 is 16.7 Å². The number of nitro benzene ring substituents is 1. The van der Waals surface area contributed by atoms with Gasteiger partial charge in [-0.25, -0.2) is 4.39 Å². The van der Waals surface area contributed by atoms with Crippen molar-refractivity contribution in [3.63, 3.8) is 0 Å². The Morgan fingerprint density at radius 2 is 1.76 bits per heavy atom. The van der Waals surface area contributed by atoms with Crippen LogP contribution in [0.2, 0.25) is 5.02 Å². The van der Waals surface area contributed by atoms with Crippen LogP contribution in [-0.4, -0.2) is 10.9 Å². The molecule has 0 radical (unpaired) electrons. The molecular weight excluding hydrogens is 492 g/mol. The Labute approximate surface area is 225 Å². The largest absolute Gasteiger partial charge is 1.00 e. The van der Waals surface area contributed by atoms with Gasteiger partial charge in [0, 0.05) is 33.7 Å². The summed E-state index contributed by atoms with van der Waals surface area (Å²) in [7, 11) is 0. The van der Waals surface area contributed by atoms with Gasteiger partial charge in [0.05, 0.1) is 15.9 Å². The SMILES string of the molecule is O=C([O-])c1ccc(-c2sccc2-c2cc([N+](=O)[O-])ccc2OCc2ccc(F)cc2Cl)cc1.[Na+]. The van der Waals surface area contributed by atoms with Gasteiger partial charge in [-0.05, 0) is 40.8 Å². The Hall–Kier alpha value is -2.75. The van der Waals surface area contributed by atoms with E-state index >= 15 is 0 Å². The number of ether oxygens (including phenoxy) is 1. The molecule has 0 saturated carbocycles. The zero-order chi connectivity index (χ0) is 23.5. The molecule has 3 aromatic carbocycles. The Bertz CT molecular complexity index is 1360. The molecule has 166 valence electrons. The minimum Gasteiger partial charge on any atom is -0.545 e. The molecule has 0 amide bonds. The molecule has 1 aromatic heterocycles. The van der Waals surface area contributed by atoms with Gasteiger partial charge in [-0.3, -0.25) is 10.1 Å². The maximum atomic E-state index is 13.3. The third-order valence-corrected chi connectivity index (χ3v) is 6.23. The molecule has 0 fully saturated rings. The minimum absolute atomic E-state index is 0. The van der Waals surface area contributed by atoms with Crippen molar-refractivity contribution < 1.29 is 53.5 Å². The van der Waals surface area contributed by atoms with Gasteiger partial charge in [0.25, 0.3) is 5.69 Å². The number of hydrogen-bond acceptors (Lipinski definition) is 6. The molecule has 4 aromatic rings. The molecule has 0 bridgehead atoms. The van der Waals surface area contributed by atoms with E-state index in [2.05, 4.69) is 0 Å². The second-order valence-corrected chi connectivity index (χ2v) is 8.31. The predicted octanol–water partition coefficient (Wildman–Crippen LogP) is 2.73. The van der Waals surface area contributed by atoms with E-state index in [1.54, 1.807) is 12.1 Å². The van der Waals surface area contributed by atoms with Crippen molar-refractivity contribution in [3.05, 3.63) is 104 Å². The van der Waals surface area contributed by atoms with Gasteiger partial charge in [0.15, 0.2) is 0 Å². The number of rotatable bonds is 7. The molecule has 10 heteroatoms. The number of nitrogens with zero attached hydrogens (tertiary/aromatic N) is 1. The molecule has 34 heavy (non-hydrogen) atoms. The van der Waals surface area contributed by atoms with Gasteiger partial charge >= 0.3 is 29.6 Å². The van der Waals surface area contributed by atoms with Gasteiger partial charge in [-0.15, -0.1) is 11.3 Å². The van der Waals surface area contributed by atoms with Crippen LogP contribution in [-0.2, 0) is 6.61 Å². The number of carbonyl (C=O) groups excluding carboxylic acids is 1. The monoisotopic (exact) mass is 505 g/mol. The summed E-state index contributed by atoms with van der Waals surface area (Å²) >= 11 is 7.49. The Morgan fingerprint density at radius 1 is 1.03 bits per heavy atom. The third kappa shape index (κ3) is 5.65. The molecule has 4 rings (SSSR count). The first-order valence-corrected chi connectivity index (χ1v) is 10.8. The van der Waals surface area contributed by atoms with E-state index in [1.165, 1.54) is 59.9 Å². The summed E-state index contributed by atoms with van der Waals surface area (Å²) in [6, 6.07) is 16.2. The second kappa shape index (κ2) is 11.1. The van der Waals surface area contributed by atoms with Gasteiger partial charge in [-0.1, -0.05) is 41.9 Å². The topological polar surface area (TPSA) is 92.5 Å². The first-order valence-electron chi connectivity index (χ1n) is 9.58. The molecule has 0 unspecified atom stereocenters. The standard InChI is InChI=1S/C24H15ClFNO5S.Na/c25-21-11-17(26)6-5-16(21)13-32-22-8-7-18(27(30)31)12-20(22)19-9-10-33-23(19)14-1-3-15(4-2-14)24(28)29;/h1-12H,13H2,(H,28,29);/q;+1/p-1. The van der Waals surface area contributed by atoms with E-state index in [9.17, 15) is 24.4 Å². The fraction of sp³-hybridized carbons (Fsp3) is 0.0417. The van der Waals surface area contributed by atoms with Crippen molar-refractivity contribution in [1.29, 1.82) is 0 Å². The summed E-state index contributed by atoms with van der Waals surface area (Å²) in [6.45, 7) is 0.0315. The van der Waals surface area contributed by atoms with Gasteiger partial charge < -0.3 is 14.6 Å². The number of non-ortho nitro benzene ring substituents is 1. The zero-order valence-corrected chi connectivity index (χ0v) is 21.4. The van der Waals surface area contributed by atoms with E-state index in [1.807, 2.05) is 11.4 Å². The summed E-state index contributed by atoms with van der Waals surface area (Å²) in [5, 5.41) is 24.5. The Morgan fingerprint density at radius 3 is 2.41 bits per heavy atom. The van der Waals surface area contributed by atoms with Gasteiger partial charge in [-0.2, -0.15) is 0 Å². The quantitative estimate of drug-likeness (QED) is 0.219. The van der Waals surface area contributed by atoms with Crippen LogP contribution in [0.5, 0.6) is 5.75 Å². The van der Waals surface area contributed by atoms with E-state index in [0.29, 0.717) is 22.4 Å². The van der Waals surface area contributed by atoms with Crippen LogP contribution in [0.4, 0.5) is 10.1 Å². The van der Waals surface area contributed by atoms with E-state index in [0.717, 1.165) is 10.4 Å². The molecule has 0 atom stereocenters. The van der Waals surface area contributed by atoms with Crippen molar-refractivity contribution in [2.24, 2.45) is 0 Å². The minimum atomic E-state index is -1.28. The normalized spacial score (nSPS) is 10.4. The first-order chi connectivity index (χ1) is 15.8. The van der Waals surface area contributed by atoms with Crippen LogP contribution in [0, 0.1) is 15.9 Å². The number of carboxylic acid groups (broad SMARTS) is 1. The number of hydrogen-bond donors (Lipinski definition) is 0. The molecule has 0 N–H and O–H groups in total. The Balaban J connectivity index is 0.00000324. The molecule has 0 aliphatic carbocycles. The Kier molecular flexibility index (Phi) is 8.46. The number of thiophene rings is 1. The van der Waals surface area contributed by atoms with Crippen molar-refractivity contribution in [2.75, 3.05) is 0 Å². The maximum absolute atomic E-state index is 13.3. The molecule has 0 spiro atoms. The number of carboxylic acids is 1. The number of nitro groups is 1. The first kappa shape index (κ1) is 25.9. The molecule has 6 nitrogen and oxygen atoms in total.